The normalized spacial score (nSPS) is 11.7. The summed E-state index contributed by atoms with van der Waals surface area (Å²) in [6, 6.07) is 1.89. The Bertz CT molecular complexity index is 500. The summed E-state index contributed by atoms with van der Waals surface area (Å²) in [5, 5.41) is 2.98. The number of nitrogens with zero attached hydrogens (tertiary/aromatic N) is 1. The van der Waals surface area contributed by atoms with Crippen LogP contribution in [0.15, 0.2) is 18.5 Å². The fourth-order valence-corrected chi connectivity index (χ4v) is 1.75. The van der Waals surface area contributed by atoms with Crippen molar-refractivity contribution >= 4 is 5.91 Å². The van der Waals surface area contributed by atoms with Gasteiger partial charge in [0.2, 0.25) is 0 Å². The van der Waals surface area contributed by atoms with Crippen LogP contribution >= 0.6 is 0 Å². The highest BCUT2D eigenvalue weighted by Crippen LogP contribution is 2.08. The van der Waals surface area contributed by atoms with E-state index in [1.165, 1.54) is 0 Å². The minimum Gasteiger partial charge on any atom is -0.350 e. The van der Waals surface area contributed by atoms with Crippen molar-refractivity contribution in [1.82, 2.24) is 10.3 Å². The lowest BCUT2D eigenvalue weighted by molar-refractivity contribution is 0.0937. The summed E-state index contributed by atoms with van der Waals surface area (Å²) in [6.45, 7) is 6.67. The van der Waals surface area contributed by atoms with Crippen LogP contribution in [-0.4, -0.2) is 23.5 Å². The summed E-state index contributed by atoms with van der Waals surface area (Å²) in [4.78, 5) is 16.1. The molecule has 4 heteroatoms. The predicted molar refractivity (Wildman–Crippen MR) is 81.2 cm³/mol. The number of carbonyl (C=O) groups is 1. The first-order valence-electron chi connectivity index (χ1n) is 6.97. The van der Waals surface area contributed by atoms with Crippen molar-refractivity contribution in [3.05, 3.63) is 29.6 Å². The summed E-state index contributed by atoms with van der Waals surface area (Å²) in [5.41, 5.74) is 6.56. The van der Waals surface area contributed by atoms with Gasteiger partial charge in [-0.2, -0.15) is 0 Å². The lowest BCUT2D eigenvalue weighted by atomic mass is 10.0. The average Bonchev–Trinajstić information content (AvgIpc) is 2.43. The van der Waals surface area contributed by atoms with Crippen molar-refractivity contribution in [2.45, 2.75) is 39.7 Å². The smallest absolute Gasteiger partial charge is 0.253 e. The van der Waals surface area contributed by atoms with Crippen molar-refractivity contribution in [2.75, 3.05) is 6.54 Å². The average molecular weight is 273 g/mol. The molecule has 1 aromatic heterocycles. The van der Waals surface area contributed by atoms with Crippen LogP contribution in [0.3, 0.4) is 0 Å². The first kappa shape index (κ1) is 16.2. The number of nitrogens with one attached hydrogen (secondary N) is 1. The number of hydrogen-bond acceptors (Lipinski definition) is 3. The second kappa shape index (κ2) is 8.34. The van der Waals surface area contributed by atoms with Crippen LogP contribution in [0.5, 0.6) is 0 Å². The number of aromatic nitrogens is 1. The fourth-order valence-electron chi connectivity index (χ4n) is 1.75. The Morgan fingerprint density at radius 1 is 1.35 bits per heavy atom. The lowest BCUT2D eigenvalue weighted by Crippen LogP contribution is -2.32. The number of carbonyl (C=O) groups excluding carboxylic acids is 1. The van der Waals surface area contributed by atoms with E-state index in [9.17, 15) is 4.79 Å². The molecule has 0 fully saturated rings. The summed E-state index contributed by atoms with van der Waals surface area (Å²) >= 11 is 0. The van der Waals surface area contributed by atoms with Crippen LogP contribution in [0, 0.1) is 17.8 Å². The lowest BCUT2D eigenvalue weighted by Gasteiger charge is -2.15. The number of nitrogens with two attached hydrogens (primary N) is 1. The Labute approximate surface area is 121 Å². The SMILES string of the molecule is CC(C)CCC(C)NC(=O)c1cncc(C#CCN)c1. The Morgan fingerprint density at radius 3 is 2.75 bits per heavy atom. The van der Waals surface area contributed by atoms with E-state index in [1.54, 1.807) is 18.5 Å². The van der Waals surface area contributed by atoms with Crippen molar-refractivity contribution in [2.24, 2.45) is 11.7 Å². The molecule has 0 radical (unpaired) electrons. The van der Waals surface area contributed by atoms with E-state index in [0.29, 0.717) is 23.6 Å². The van der Waals surface area contributed by atoms with Crippen molar-refractivity contribution in [3.8, 4) is 11.8 Å². The van der Waals surface area contributed by atoms with Gasteiger partial charge >= 0.3 is 0 Å². The summed E-state index contributed by atoms with van der Waals surface area (Å²) in [6.07, 6.45) is 5.25. The molecule has 0 spiro atoms. The Balaban J connectivity index is 2.63. The third kappa shape index (κ3) is 5.85. The van der Waals surface area contributed by atoms with E-state index in [1.807, 2.05) is 6.92 Å². The molecule has 108 valence electrons. The van der Waals surface area contributed by atoms with Gasteiger partial charge in [-0.05, 0) is 31.7 Å². The summed E-state index contributed by atoms with van der Waals surface area (Å²) in [5.74, 6) is 6.16. The van der Waals surface area contributed by atoms with Crippen LogP contribution in [-0.2, 0) is 0 Å². The highest BCUT2D eigenvalue weighted by atomic mass is 16.1. The second-order valence-electron chi connectivity index (χ2n) is 5.31. The maximum Gasteiger partial charge on any atom is 0.253 e. The Kier molecular flexibility index (Phi) is 6.75. The van der Waals surface area contributed by atoms with E-state index in [0.717, 1.165) is 12.8 Å². The first-order chi connectivity index (χ1) is 9.52. The van der Waals surface area contributed by atoms with E-state index in [-0.39, 0.29) is 11.9 Å². The van der Waals surface area contributed by atoms with Crippen molar-refractivity contribution in [1.29, 1.82) is 0 Å². The predicted octanol–water partition coefficient (Wildman–Crippen LogP) is 1.95. The third-order valence-electron chi connectivity index (χ3n) is 2.89. The molecule has 0 aromatic carbocycles. The monoisotopic (exact) mass is 273 g/mol. The van der Waals surface area contributed by atoms with Gasteiger partial charge in [0, 0.05) is 24.0 Å². The molecule has 1 rings (SSSR count). The Hall–Kier alpha value is -1.86. The molecule has 0 aliphatic rings. The van der Waals surface area contributed by atoms with Gasteiger partial charge in [-0.25, -0.2) is 0 Å². The van der Waals surface area contributed by atoms with Crippen molar-refractivity contribution in [3.63, 3.8) is 0 Å². The molecular formula is C16H23N3O. The zero-order valence-corrected chi connectivity index (χ0v) is 12.4. The molecule has 0 aliphatic carbocycles. The highest BCUT2D eigenvalue weighted by Gasteiger charge is 2.10. The molecule has 1 heterocycles. The van der Waals surface area contributed by atoms with Crippen LogP contribution in [0.1, 0.15) is 49.5 Å². The first-order valence-corrected chi connectivity index (χ1v) is 6.97. The largest absolute Gasteiger partial charge is 0.350 e. The number of amides is 1. The number of hydrogen-bond donors (Lipinski definition) is 2. The summed E-state index contributed by atoms with van der Waals surface area (Å²) < 4.78 is 0. The molecule has 1 amide bonds. The minimum atomic E-state index is -0.106. The number of rotatable bonds is 5. The molecule has 20 heavy (non-hydrogen) atoms. The third-order valence-corrected chi connectivity index (χ3v) is 2.89. The zero-order valence-electron chi connectivity index (χ0n) is 12.4. The van der Waals surface area contributed by atoms with Crippen LogP contribution in [0.25, 0.3) is 0 Å². The van der Waals surface area contributed by atoms with Gasteiger partial charge in [0.25, 0.3) is 5.91 Å². The fraction of sp³-hybridized carbons (Fsp3) is 0.500. The standard InChI is InChI=1S/C16H23N3O/c1-12(2)6-7-13(3)19-16(20)15-9-14(5-4-8-17)10-18-11-15/h9-13H,6-8,17H2,1-3H3,(H,19,20). The molecule has 0 aliphatic heterocycles. The van der Waals surface area contributed by atoms with Gasteiger partial charge in [-0.1, -0.05) is 25.7 Å². The molecule has 4 nitrogen and oxygen atoms in total. The van der Waals surface area contributed by atoms with E-state index in [4.69, 9.17) is 5.73 Å². The summed E-state index contributed by atoms with van der Waals surface area (Å²) in [7, 11) is 0. The van der Waals surface area contributed by atoms with Crippen LogP contribution in [0.2, 0.25) is 0 Å². The molecule has 0 saturated heterocycles. The second-order valence-corrected chi connectivity index (χ2v) is 5.31. The molecule has 0 saturated carbocycles. The van der Waals surface area contributed by atoms with Gasteiger partial charge < -0.3 is 11.1 Å². The minimum absolute atomic E-state index is 0.106. The van der Waals surface area contributed by atoms with Gasteiger partial charge in [0.15, 0.2) is 0 Å². The molecule has 1 atom stereocenters. The number of pyridine rings is 1. The van der Waals surface area contributed by atoms with E-state index < -0.39 is 0 Å². The zero-order chi connectivity index (χ0) is 15.0. The van der Waals surface area contributed by atoms with Gasteiger partial charge in [-0.3, -0.25) is 9.78 Å². The quantitative estimate of drug-likeness (QED) is 0.806. The van der Waals surface area contributed by atoms with Gasteiger partial charge in [-0.15, -0.1) is 0 Å². The van der Waals surface area contributed by atoms with Crippen molar-refractivity contribution < 1.29 is 4.79 Å². The maximum absolute atomic E-state index is 12.1. The molecule has 0 bridgehead atoms. The van der Waals surface area contributed by atoms with Gasteiger partial charge in [0.1, 0.15) is 0 Å². The molecule has 1 aromatic rings. The van der Waals surface area contributed by atoms with E-state index >= 15 is 0 Å². The maximum atomic E-state index is 12.1. The molecular weight excluding hydrogens is 250 g/mol. The van der Waals surface area contributed by atoms with Crippen LogP contribution < -0.4 is 11.1 Å². The highest BCUT2D eigenvalue weighted by molar-refractivity contribution is 5.94. The molecule has 1 unspecified atom stereocenters. The van der Waals surface area contributed by atoms with E-state index in [2.05, 4.69) is 36.0 Å². The molecule has 3 N–H and O–H groups in total. The Morgan fingerprint density at radius 2 is 2.10 bits per heavy atom. The topological polar surface area (TPSA) is 68.0 Å². The van der Waals surface area contributed by atoms with Crippen LogP contribution in [0.4, 0.5) is 0 Å². The van der Waals surface area contributed by atoms with Gasteiger partial charge in [0.05, 0.1) is 12.1 Å².